The fraction of sp³-hybridized carbons (Fsp3) is 0.208. The minimum Gasteiger partial charge on any atom is -0.344 e. The highest BCUT2D eigenvalue weighted by molar-refractivity contribution is 5.99. The molecule has 1 aliphatic heterocycles. The fourth-order valence-electron chi connectivity index (χ4n) is 8.72. The van der Waals surface area contributed by atoms with Crippen LogP contribution in [0.25, 0.3) is 21.5 Å². The number of rotatable bonds is 11. The van der Waals surface area contributed by atoms with Gasteiger partial charge in [-0.05, 0) is 94.8 Å². The molecule has 2 unspecified atom stereocenters. The molecule has 1 aliphatic rings. The summed E-state index contributed by atoms with van der Waals surface area (Å²) in [6.45, 7) is 14.5. The first kappa shape index (κ1) is 34.7. The van der Waals surface area contributed by atoms with Gasteiger partial charge >= 0.3 is 0 Å². The molecule has 7 rings (SSSR count). The molecule has 0 spiro atoms. The van der Waals surface area contributed by atoms with Crippen molar-refractivity contribution in [3.05, 3.63) is 201 Å². The van der Waals surface area contributed by atoms with Gasteiger partial charge in [0.25, 0.3) is 5.69 Å². The van der Waals surface area contributed by atoms with Crippen molar-refractivity contribution in [2.45, 2.75) is 57.8 Å². The number of aryl methyl sites for hydroxylation is 1. The Balaban J connectivity index is 1.38. The third kappa shape index (κ3) is 6.02. The molecular formula is C48H46N2O2. The molecule has 4 heteroatoms. The van der Waals surface area contributed by atoms with Crippen LogP contribution in [0.1, 0.15) is 55.0 Å². The average Bonchev–Trinajstić information content (AvgIpc) is 3.43. The molecule has 4 nitrogen and oxygen atoms in total. The van der Waals surface area contributed by atoms with Crippen molar-refractivity contribution in [3.8, 4) is 0 Å². The van der Waals surface area contributed by atoms with Gasteiger partial charge < -0.3 is 4.90 Å². The van der Waals surface area contributed by atoms with Crippen LogP contribution in [0, 0.1) is 17.0 Å². The minimum atomic E-state index is -0.555. The summed E-state index contributed by atoms with van der Waals surface area (Å²) in [7, 11) is 0. The Morgan fingerprint density at radius 1 is 0.827 bits per heavy atom. The van der Waals surface area contributed by atoms with E-state index in [-0.39, 0.29) is 16.0 Å². The van der Waals surface area contributed by atoms with Gasteiger partial charge in [-0.3, -0.25) is 10.1 Å². The Morgan fingerprint density at radius 2 is 1.46 bits per heavy atom. The quantitative estimate of drug-likeness (QED) is 0.0776. The van der Waals surface area contributed by atoms with Crippen LogP contribution < -0.4 is 4.90 Å². The lowest BCUT2D eigenvalue weighted by molar-refractivity contribution is -0.384. The largest absolute Gasteiger partial charge is 0.344 e. The second kappa shape index (κ2) is 14.1. The first-order valence-corrected chi connectivity index (χ1v) is 18.3. The van der Waals surface area contributed by atoms with Crippen LogP contribution >= 0.6 is 0 Å². The lowest BCUT2D eigenvalue weighted by atomic mass is 9.69. The maximum absolute atomic E-state index is 11.9. The number of hydrogen-bond donors (Lipinski definition) is 0. The van der Waals surface area contributed by atoms with E-state index in [0.717, 1.165) is 46.9 Å². The van der Waals surface area contributed by atoms with E-state index in [0.29, 0.717) is 6.42 Å². The number of benzene rings is 6. The molecule has 6 aromatic carbocycles. The van der Waals surface area contributed by atoms with Gasteiger partial charge in [0.1, 0.15) is 0 Å². The Bertz CT molecular complexity index is 2360. The van der Waals surface area contributed by atoms with Gasteiger partial charge in [0.2, 0.25) is 0 Å². The van der Waals surface area contributed by atoms with Crippen LogP contribution in [0.2, 0.25) is 0 Å². The number of allylic oxidation sites excluding steroid dienone is 5. The molecule has 0 saturated carbocycles. The minimum absolute atomic E-state index is 0.0922. The number of likely N-dealkylation sites (N-methyl/N-ethyl adjacent to an activating group) is 1. The molecule has 2 atom stereocenters. The molecule has 0 bridgehead atoms. The number of nitro benzene ring substituents is 1. The zero-order valence-electron chi connectivity index (χ0n) is 30.6. The Morgan fingerprint density at radius 3 is 2.15 bits per heavy atom. The van der Waals surface area contributed by atoms with Gasteiger partial charge in [-0.2, -0.15) is 0 Å². The molecule has 0 aliphatic carbocycles. The summed E-state index contributed by atoms with van der Waals surface area (Å²) < 4.78 is 0. The number of non-ortho nitro benzene ring substituents is 1. The summed E-state index contributed by atoms with van der Waals surface area (Å²) in [6.07, 6.45) is 9.22. The smallest absolute Gasteiger partial charge is 0.270 e. The summed E-state index contributed by atoms with van der Waals surface area (Å²) in [5, 5.41) is 16.3. The predicted molar refractivity (Wildman–Crippen MR) is 218 cm³/mol. The topological polar surface area (TPSA) is 46.4 Å². The molecule has 0 amide bonds. The van der Waals surface area contributed by atoms with Crippen LogP contribution in [0.3, 0.4) is 0 Å². The highest BCUT2D eigenvalue weighted by atomic mass is 16.6. The molecule has 1 heterocycles. The first-order chi connectivity index (χ1) is 25.2. The third-order valence-corrected chi connectivity index (χ3v) is 11.4. The van der Waals surface area contributed by atoms with Gasteiger partial charge in [-0.25, -0.2) is 0 Å². The molecule has 0 fully saturated rings. The highest BCUT2D eigenvalue weighted by Crippen LogP contribution is 2.54. The van der Waals surface area contributed by atoms with Crippen LogP contribution in [0.4, 0.5) is 11.4 Å². The number of hydrogen-bond acceptors (Lipinski definition) is 3. The lowest BCUT2D eigenvalue weighted by Crippen LogP contribution is -2.33. The van der Waals surface area contributed by atoms with Gasteiger partial charge in [-0.15, -0.1) is 0 Å². The van der Waals surface area contributed by atoms with Crippen molar-refractivity contribution in [2.24, 2.45) is 0 Å². The number of nitro groups is 1. The van der Waals surface area contributed by atoms with Gasteiger partial charge in [0, 0.05) is 40.6 Å². The highest BCUT2D eigenvalue weighted by Gasteiger charge is 2.46. The van der Waals surface area contributed by atoms with Gasteiger partial charge in [-0.1, -0.05) is 142 Å². The molecule has 0 N–H and O–H groups in total. The van der Waals surface area contributed by atoms with Crippen LogP contribution in [-0.4, -0.2) is 11.5 Å². The van der Waals surface area contributed by atoms with E-state index in [2.05, 4.69) is 154 Å². The van der Waals surface area contributed by atoms with E-state index >= 15 is 0 Å². The van der Waals surface area contributed by atoms with E-state index in [9.17, 15) is 10.1 Å². The van der Waals surface area contributed by atoms with Crippen molar-refractivity contribution in [3.63, 3.8) is 0 Å². The van der Waals surface area contributed by atoms with Crippen LogP contribution in [0.15, 0.2) is 163 Å². The first-order valence-electron chi connectivity index (χ1n) is 18.3. The second-order valence-electron chi connectivity index (χ2n) is 14.4. The number of fused-ring (bicyclic) bond motifs is 4. The molecule has 0 saturated heterocycles. The zero-order chi connectivity index (χ0) is 36.5. The summed E-state index contributed by atoms with van der Waals surface area (Å²) in [4.78, 5) is 14.2. The van der Waals surface area contributed by atoms with Crippen LogP contribution in [0.5, 0.6) is 0 Å². The molecular weight excluding hydrogens is 637 g/mol. The van der Waals surface area contributed by atoms with Gasteiger partial charge in [0.05, 0.1) is 10.6 Å². The van der Waals surface area contributed by atoms with Crippen molar-refractivity contribution >= 4 is 32.9 Å². The Hall–Kier alpha value is -5.74. The van der Waals surface area contributed by atoms with Crippen molar-refractivity contribution in [1.29, 1.82) is 0 Å². The Kier molecular flexibility index (Phi) is 9.42. The Labute approximate surface area is 307 Å². The van der Waals surface area contributed by atoms with Crippen LogP contribution in [-0.2, 0) is 23.7 Å². The monoisotopic (exact) mass is 682 g/mol. The maximum atomic E-state index is 11.9. The van der Waals surface area contributed by atoms with E-state index in [4.69, 9.17) is 6.58 Å². The van der Waals surface area contributed by atoms with Crippen molar-refractivity contribution in [1.82, 2.24) is 0 Å². The zero-order valence-corrected chi connectivity index (χ0v) is 30.6. The van der Waals surface area contributed by atoms with E-state index in [1.807, 2.05) is 12.1 Å². The SMILES string of the molecule is C=C(/C=C/C=C1/N(CC)c2c(ccc3ccccc23)C1(CC)Cc1ccccc1)C(C)(Cc1ccccc1)c1c(C)ccc2ccc([N+](=O)[O-])cc12. The number of nitrogens with zero attached hydrogens (tertiary/aromatic N) is 2. The molecule has 6 aromatic rings. The second-order valence-corrected chi connectivity index (χ2v) is 14.4. The molecule has 0 radical (unpaired) electrons. The summed E-state index contributed by atoms with van der Waals surface area (Å²) >= 11 is 0. The summed E-state index contributed by atoms with van der Waals surface area (Å²) in [6, 6.07) is 44.1. The molecule has 260 valence electrons. The summed E-state index contributed by atoms with van der Waals surface area (Å²) in [5.74, 6) is 0. The summed E-state index contributed by atoms with van der Waals surface area (Å²) in [5.41, 5.74) is 8.89. The lowest BCUT2D eigenvalue weighted by Gasteiger charge is -2.34. The molecule has 0 aromatic heterocycles. The predicted octanol–water partition coefficient (Wildman–Crippen LogP) is 12.1. The van der Waals surface area contributed by atoms with E-state index in [1.54, 1.807) is 12.1 Å². The third-order valence-electron chi connectivity index (χ3n) is 11.4. The maximum Gasteiger partial charge on any atom is 0.270 e. The standard InChI is InChI=1S/C48H46N2O2/c1-6-48(33-37-20-12-9-13-21-37)43-30-28-38-22-14-15-23-41(38)46(43)49(7-2)44(48)24-16-17-35(4)47(5,32-36-18-10-8-11-19-36)45-34(3)25-26-39-27-29-40(50(51)52)31-42(39)45/h8-31H,4,6-7,32-33H2,1-3,5H3/b17-16+,44-24+. The normalized spacial score (nSPS) is 17.5. The van der Waals surface area contributed by atoms with Crippen molar-refractivity contribution in [2.75, 3.05) is 11.4 Å². The number of anilines is 1. The van der Waals surface area contributed by atoms with Crippen molar-refractivity contribution < 1.29 is 4.92 Å². The molecule has 52 heavy (non-hydrogen) atoms. The van der Waals surface area contributed by atoms with Gasteiger partial charge in [0.15, 0.2) is 0 Å². The fourth-order valence-corrected chi connectivity index (χ4v) is 8.72. The average molecular weight is 683 g/mol. The van der Waals surface area contributed by atoms with E-state index in [1.165, 1.54) is 38.8 Å². The van der Waals surface area contributed by atoms with E-state index < -0.39 is 5.41 Å².